The Kier molecular flexibility index (Phi) is 8.98. The highest BCUT2D eigenvalue weighted by Gasteiger charge is 2.42. The number of carbonyl (C=O) groups excluding carboxylic acids is 2. The molecule has 2 aromatic rings. The number of nitrogens with zero attached hydrogens (tertiary/aromatic N) is 3. The van der Waals surface area contributed by atoms with Gasteiger partial charge in [-0.3, -0.25) is 14.5 Å². The van der Waals surface area contributed by atoms with Gasteiger partial charge in [0.15, 0.2) is 0 Å². The van der Waals surface area contributed by atoms with Gasteiger partial charge in [0, 0.05) is 79.7 Å². The van der Waals surface area contributed by atoms with Gasteiger partial charge in [-0.15, -0.1) is 0 Å². The summed E-state index contributed by atoms with van der Waals surface area (Å²) < 4.78 is 39.7. The molecule has 40 heavy (non-hydrogen) atoms. The van der Waals surface area contributed by atoms with Crippen molar-refractivity contribution in [3.05, 3.63) is 57.6 Å². The first-order valence-electron chi connectivity index (χ1n) is 14.0. The lowest BCUT2D eigenvalue weighted by Crippen LogP contribution is -2.49. The quantitative estimate of drug-likeness (QED) is 0.374. The van der Waals surface area contributed by atoms with Crippen LogP contribution < -0.4 is 0 Å². The van der Waals surface area contributed by atoms with Crippen LogP contribution >= 0.6 is 23.2 Å². The normalized spacial score (nSPS) is 22.2. The summed E-state index contributed by atoms with van der Waals surface area (Å²) >= 11 is 13.3. The minimum Gasteiger partial charge on any atom is -0.339 e. The van der Waals surface area contributed by atoms with E-state index in [1.54, 1.807) is 21.9 Å². The zero-order chi connectivity index (χ0) is 28.4. The van der Waals surface area contributed by atoms with Crippen LogP contribution in [0.4, 0.5) is 13.2 Å². The average Bonchev–Trinajstić information content (AvgIpc) is 3.30. The van der Waals surface area contributed by atoms with Crippen LogP contribution in [0, 0.1) is 5.92 Å². The largest absolute Gasteiger partial charge is 0.339 e. The Labute approximate surface area is 243 Å². The zero-order valence-corrected chi connectivity index (χ0v) is 23.9. The minimum atomic E-state index is -2.62. The second-order valence-corrected chi connectivity index (χ2v) is 11.9. The molecule has 0 unspecified atom stereocenters. The van der Waals surface area contributed by atoms with Gasteiger partial charge >= 0.3 is 0 Å². The Balaban J connectivity index is 1.21. The zero-order valence-electron chi connectivity index (χ0n) is 22.4. The lowest BCUT2D eigenvalue weighted by atomic mass is 9.91. The predicted octanol–water partition coefficient (Wildman–Crippen LogP) is 6.36. The van der Waals surface area contributed by atoms with E-state index in [0.29, 0.717) is 86.1 Å². The molecule has 2 heterocycles. The first kappa shape index (κ1) is 29.2. The van der Waals surface area contributed by atoms with E-state index in [-0.39, 0.29) is 43.3 Å². The third-order valence-electron chi connectivity index (χ3n) is 8.60. The van der Waals surface area contributed by atoms with Crippen LogP contribution in [-0.2, 0) is 11.2 Å². The van der Waals surface area contributed by atoms with E-state index < -0.39 is 5.92 Å². The molecule has 5 nitrogen and oxygen atoms in total. The van der Waals surface area contributed by atoms with Gasteiger partial charge in [-0.2, -0.15) is 0 Å². The third-order valence-corrected chi connectivity index (χ3v) is 9.27. The van der Waals surface area contributed by atoms with Crippen LogP contribution in [0.25, 0.3) is 11.1 Å². The van der Waals surface area contributed by atoms with Crippen molar-refractivity contribution in [3.8, 4) is 11.1 Å². The predicted molar refractivity (Wildman–Crippen MR) is 151 cm³/mol. The highest BCUT2D eigenvalue weighted by atomic mass is 35.5. The van der Waals surface area contributed by atoms with Crippen molar-refractivity contribution in [2.75, 3.05) is 45.9 Å². The van der Waals surface area contributed by atoms with Gasteiger partial charge in [0.1, 0.15) is 6.67 Å². The van der Waals surface area contributed by atoms with Gasteiger partial charge in [-0.25, -0.2) is 13.2 Å². The molecule has 2 amide bonds. The van der Waals surface area contributed by atoms with Crippen molar-refractivity contribution in [1.29, 1.82) is 0 Å². The summed E-state index contributed by atoms with van der Waals surface area (Å²) in [7, 11) is 0. The molecule has 0 N–H and O–H groups in total. The fraction of sp³-hybridized carbons (Fsp3) is 0.533. The second kappa shape index (κ2) is 12.3. The van der Waals surface area contributed by atoms with E-state index in [4.69, 9.17) is 23.2 Å². The minimum absolute atomic E-state index is 0.00416. The van der Waals surface area contributed by atoms with Crippen LogP contribution in [-0.4, -0.2) is 84.4 Å². The number of halogens is 5. The van der Waals surface area contributed by atoms with Crippen LogP contribution in [0.2, 0.25) is 10.0 Å². The third kappa shape index (κ3) is 6.44. The van der Waals surface area contributed by atoms with Gasteiger partial charge < -0.3 is 9.80 Å². The van der Waals surface area contributed by atoms with Crippen molar-refractivity contribution in [1.82, 2.24) is 14.7 Å². The highest BCUT2D eigenvalue weighted by molar-refractivity contribution is 6.36. The van der Waals surface area contributed by atoms with E-state index in [1.807, 2.05) is 29.2 Å². The Morgan fingerprint density at radius 2 is 1.52 bits per heavy atom. The van der Waals surface area contributed by atoms with E-state index in [2.05, 4.69) is 0 Å². The van der Waals surface area contributed by atoms with Crippen molar-refractivity contribution < 1.29 is 22.8 Å². The summed E-state index contributed by atoms with van der Waals surface area (Å²) in [5, 5.41) is 0.940. The Morgan fingerprint density at radius 3 is 2.12 bits per heavy atom. The van der Waals surface area contributed by atoms with E-state index >= 15 is 0 Å². The molecule has 5 rings (SSSR count). The SMILES string of the molecule is O=C(c1ccc(-c2cc(Cl)c(C[C@@H]3CCN(C4CCC(F)(F)CC4)C3=O)c(Cl)c2)cc1)N1CCN(CCF)CC1. The molecule has 216 valence electrons. The summed E-state index contributed by atoms with van der Waals surface area (Å²) in [4.78, 5) is 31.7. The summed E-state index contributed by atoms with van der Waals surface area (Å²) in [6.45, 7) is 3.08. The molecule has 1 aliphatic carbocycles. The number of likely N-dealkylation sites (tertiary alicyclic amines) is 1. The van der Waals surface area contributed by atoms with E-state index in [0.717, 1.165) is 11.1 Å². The van der Waals surface area contributed by atoms with E-state index in [9.17, 15) is 22.8 Å². The van der Waals surface area contributed by atoms with Crippen molar-refractivity contribution in [2.24, 2.45) is 5.92 Å². The standard InChI is InChI=1S/C30H34Cl2F3N3O2/c31-26-18-23(20-1-3-21(4-2-20)28(39)37-15-13-36(12-10-33)14-16-37)19-27(32)25(26)17-22-7-11-38(29(22)40)24-5-8-30(34,35)9-6-24/h1-4,18-19,22,24H,5-17H2/t22-/m0/s1. The molecule has 2 aliphatic heterocycles. The number of hydrogen-bond acceptors (Lipinski definition) is 3. The van der Waals surface area contributed by atoms with Crippen LogP contribution in [0.3, 0.4) is 0 Å². The van der Waals surface area contributed by atoms with Crippen LogP contribution in [0.15, 0.2) is 36.4 Å². The number of amides is 2. The maximum Gasteiger partial charge on any atom is 0.253 e. The molecule has 1 atom stereocenters. The molecule has 3 fully saturated rings. The lowest BCUT2D eigenvalue weighted by Gasteiger charge is -2.34. The Hall–Kier alpha value is -2.29. The van der Waals surface area contributed by atoms with Crippen molar-refractivity contribution in [3.63, 3.8) is 0 Å². The molecule has 2 saturated heterocycles. The first-order valence-corrected chi connectivity index (χ1v) is 14.7. The van der Waals surface area contributed by atoms with E-state index in [1.165, 1.54) is 0 Å². The summed E-state index contributed by atoms with van der Waals surface area (Å²) in [5.41, 5.74) is 2.96. The fourth-order valence-electron chi connectivity index (χ4n) is 6.14. The fourth-order valence-corrected chi connectivity index (χ4v) is 6.79. The number of piperazine rings is 1. The first-order chi connectivity index (χ1) is 19.1. The van der Waals surface area contributed by atoms with Crippen molar-refractivity contribution >= 4 is 35.0 Å². The van der Waals surface area contributed by atoms with Gasteiger partial charge in [-0.05, 0) is 66.6 Å². The number of benzene rings is 2. The number of carbonyl (C=O) groups is 2. The summed E-state index contributed by atoms with van der Waals surface area (Å²) in [6.07, 6.45) is 1.40. The maximum atomic E-state index is 13.6. The number of hydrogen-bond donors (Lipinski definition) is 0. The van der Waals surface area contributed by atoms with Gasteiger partial charge in [-0.1, -0.05) is 35.3 Å². The number of rotatable bonds is 7. The Morgan fingerprint density at radius 1 is 0.900 bits per heavy atom. The average molecular weight is 597 g/mol. The Bertz CT molecular complexity index is 1200. The van der Waals surface area contributed by atoms with Gasteiger partial charge in [0.05, 0.1) is 0 Å². The maximum absolute atomic E-state index is 13.6. The highest BCUT2D eigenvalue weighted by Crippen LogP contribution is 2.39. The lowest BCUT2D eigenvalue weighted by molar-refractivity contribution is -0.135. The van der Waals surface area contributed by atoms with Gasteiger partial charge in [0.25, 0.3) is 5.91 Å². The molecule has 10 heteroatoms. The van der Waals surface area contributed by atoms with Crippen LogP contribution in [0.5, 0.6) is 0 Å². The summed E-state index contributed by atoms with van der Waals surface area (Å²) in [5.74, 6) is -2.94. The molecule has 0 spiro atoms. The monoisotopic (exact) mass is 595 g/mol. The summed E-state index contributed by atoms with van der Waals surface area (Å²) in [6, 6.07) is 10.8. The molecule has 0 radical (unpaired) electrons. The topological polar surface area (TPSA) is 43.9 Å². The van der Waals surface area contributed by atoms with Gasteiger partial charge in [0.2, 0.25) is 11.8 Å². The smallest absolute Gasteiger partial charge is 0.253 e. The molecule has 2 aromatic carbocycles. The van der Waals surface area contributed by atoms with Crippen molar-refractivity contribution in [2.45, 2.75) is 50.5 Å². The molecular weight excluding hydrogens is 562 g/mol. The second-order valence-electron chi connectivity index (χ2n) is 11.1. The molecular formula is C30H34Cl2F3N3O2. The molecule has 0 bridgehead atoms. The molecule has 0 aromatic heterocycles. The molecule has 1 saturated carbocycles. The van der Waals surface area contributed by atoms with Crippen LogP contribution in [0.1, 0.15) is 48.0 Å². The molecule has 3 aliphatic rings. The number of alkyl halides is 3.